The Morgan fingerprint density at radius 2 is 1.74 bits per heavy atom. The number of morpholine rings is 1. The van der Waals surface area contributed by atoms with Crippen LogP contribution in [0.15, 0.2) is 54.6 Å². The van der Waals surface area contributed by atoms with Gasteiger partial charge in [-0.1, -0.05) is 48.5 Å². The van der Waals surface area contributed by atoms with Crippen molar-refractivity contribution < 1.29 is 14.6 Å². The van der Waals surface area contributed by atoms with Gasteiger partial charge in [0.1, 0.15) is 0 Å². The van der Waals surface area contributed by atoms with Crippen molar-refractivity contribution in [3.63, 3.8) is 0 Å². The molecule has 5 heteroatoms. The van der Waals surface area contributed by atoms with Gasteiger partial charge in [0.2, 0.25) is 0 Å². The van der Waals surface area contributed by atoms with Crippen molar-refractivity contribution in [1.29, 1.82) is 0 Å². The summed E-state index contributed by atoms with van der Waals surface area (Å²) in [5, 5.41) is 13.1. The molecule has 0 spiro atoms. The second kappa shape index (κ2) is 10.2. The van der Waals surface area contributed by atoms with Crippen LogP contribution >= 0.6 is 0 Å². The summed E-state index contributed by atoms with van der Waals surface area (Å²) < 4.78 is 5.31. The zero-order chi connectivity index (χ0) is 18.9. The summed E-state index contributed by atoms with van der Waals surface area (Å²) in [6.45, 7) is 3.87. The van der Waals surface area contributed by atoms with E-state index in [0.717, 1.165) is 31.5 Å². The lowest BCUT2D eigenvalue weighted by Crippen LogP contribution is -2.44. The van der Waals surface area contributed by atoms with Gasteiger partial charge in [0.15, 0.2) is 0 Å². The number of benzene rings is 2. The van der Waals surface area contributed by atoms with Gasteiger partial charge < -0.3 is 15.2 Å². The molecule has 144 valence electrons. The van der Waals surface area contributed by atoms with E-state index in [9.17, 15) is 9.90 Å². The maximum Gasteiger partial charge on any atom is 0.251 e. The van der Waals surface area contributed by atoms with Gasteiger partial charge in [-0.25, -0.2) is 0 Å². The Labute approximate surface area is 161 Å². The van der Waals surface area contributed by atoms with Crippen molar-refractivity contribution >= 4 is 5.91 Å². The van der Waals surface area contributed by atoms with Crippen LogP contribution in [0.5, 0.6) is 0 Å². The van der Waals surface area contributed by atoms with Crippen molar-refractivity contribution in [3.05, 3.63) is 71.3 Å². The van der Waals surface area contributed by atoms with E-state index in [1.54, 1.807) is 0 Å². The first-order valence-electron chi connectivity index (χ1n) is 9.60. The molecule has 5 nitrogen and oxygen atoms in total. The second-order valence-electron chi connectivity index (χ2n) is 6.92. The van der Waals surface area contributed by atoms with Gasteiger partial charge >= 0.3 is 0 Å². The molecule has 1 amide bonds. The molecule has 2 N–H and O–H groups in total. The maximum absolute atomic E-state index is 12.6. The molecule has 3 rings (SSSR count). The Kier molecular flexibility index (Phi) is 7.39. The molecule has 1 atom stereocenters. The number of carbonyl (C=O) groups excluding carboxylic acids is 1. The number of aliphatic hydroxyl groups excluding tert-OH is 1. The third-order valence-electron chi connectivity index (χ3n) is 4.86. The average Bonchev–Trinajstić information content (AvgIpc) is 2.72. The van der Waals surface area contributed by atoms with E-state index in [2.05, 4.69) is 22.3 Å². The fraction of sp³-hybridized carbons (Fsp3) is 0.409. The van der Waals surface area contributed by atoms with E-state index in [1.807, 2.05) is 42.5 Å². The van der Waals surface area contributed by atoms with E-state index in [4.69, 9.17) is 4.74 Å². The molecule has 2 aromatic rings. The molecule has 1 aliphatic heterocycles. The molecule has 0 radical (unpaired) electrons. The zero-order valence-corrected chi connectivity index (χ0v) is 15.6. The predicted octanol–water partition coefficient (Wildman–Crippen LogP) is 1.89. The van der Waals surface area contributed by atoms with E-state index in [-0.39, 0.29) is 12.5 Å². The highest BCUT2D eigenvalue weighted by atomic mass is 16.5. The Bertz CT molecular complexity index is 715. The second-order valence-corrected chi connectivity index (χ2v) is 6.92. The summed E-state index contributed by atoms with van der Waals surface area (Å²) >= 11 is 0. The van der Waals surface area contributed by atoms with Crippen LogP contribution in [-0.2, 0) is 17.6 Å². The molecule has 1 saturated heterocycles. The summed E-state index contributed by atoms with van der Waals surface area (Å²) in [5.74, 6) is -0.125. The largest absolute Gasteiger partial charge is 0.390 e. The van der Waals surface area contributed by atoms with Gasteiger partial charge in [-0.3, -0.25) is 9.69 Å². The minimum absolute atomic E-state index is 0.125. The number of ether oxygens (including phenoxy) is 1. The molecule has 1 aliphatic rings. The number of hydrogen-bond acceptors (Lipinski definition) is 4. The minimum Gasteiger partial charge on any atom is -0.390 e. The van der Waals surface area contributed by atoms with E-state index in [0.29, 0.717) is 25.3 Å². The Morgan fingerprint density at radius 3 is 2.52 bits per heavy atom. The number of carbonyl (C=O) groups is 1. The number of hydrogen-bond donors (Lipinski definition) is 2. The maximum atomic E-state index is 12.6. The molecule has 1 unspecified atom stereocenters. The highest BCUT2D eigenvalue weighted by Crippen LogP contribution is 2.13. The smallest absolute Gasteiger partial charge is 0.251 e. The van der Waals surface area contributed by atoms with Crippen LogP contribution in [0.3, 0.4) is 0 Å². The molecule has 0 saturated carbocycles. The monoisotopic (exact) mass is 368 g/mol. The number of aryl methyl sites for hydroxylation is 2. The predicted molar refractivity (Wildman–Crippen MR) is 106 cm³/mol. The minimum atomic E-state index is -0.580. The van der Waals surface area contributed by atoms with E-state index < -0.39 is 6.10 Å². The fourth-order valence-corrected chi connectivity index (χ4v) is 3.34. The van der Waals surface area contributed by atoms with Gasteiger partial charge in [0.05, 0.1) is 19.3 Å². The Balaban J connectivity index is 1.51. The topological polar surface area (TPSA) is 61.8 Å². The molecular weight excluding hydrogens is 340 g/mol. The molecule has 2 aromatic carbocycles. The summed E-state index contributed by atoms with van der Waals surface area (Å²) in [5.41, 5.74) is 2.97. The lowest BCUT2D eigenvalue weighted by Gasteiger charge is -2.28. The zero-order valence-electron chi connectivity index (χ0n) is 15.6. The third kappa shape index (κ3) is 6.17. The standard InChI is InChI=1S/C22H28N2O3/c25-20(17-24-12-14-27-15-13-24)16-23-22(26)21-9-5-4-8-19(21)11-10-18-6-2-1-3-7-18/h1-9,20,25H,10-17H2,(H,23,26). The number of nitrogens with one attached hydrogen (secondary N) is 1. The lowest BCUT2D eigenvalue weighted by atomic mass is 9.99. The van der Waals surface area contributed by atoms with Gasteiger partial charge in [0.25, 0.3) is 5.91 Å². The number of rotatable bonds is 8. The van der Waals surface area contributed by atoms with Crippen LogP contribution in [-0.4, -0.2) is 61.4 Å². The Morgan fingerprint density at radius 1 is 1.04 bits per heavy atom. The average molecular weight is 368 g/mol. The molecule has 1 heterocycles. The summed E-state index contributed by atoms with van der Waals surface area (Å²) in [4.78, 5) is 14.8. The first-order valence-corrected chi connectivity index (χ1v) is 9.60. The van der Waals surface area contributed by atoms with Gasteiger partial charge in [-0.15, -0.1) is 0 Å². The lowest BCUT2D eigenvalue weighted by molar-refractivity contribution is 0.0149. The van der Waals surface area contributed by atoms with Crippen LogP contribution in [0.4, 0.5) is 0 Å². The van der Waals surface area contributed by atoms with Crippen LogP contribution in [0.1, 0.15) is 21.5 Å². The summed E-state index contributed by atoms with van der Waals surface area (Å²) in [7, 11) is 0. The quantitative estimate of drug-likeness (QED) is 0.747. The number of aliphatic hydroxyl groups is 1. The van der Waals surface area contributed by atoms with Crippen molar-refractivity contribution in [2.75, 3.05) is 39.4 Å². The van der Waals surface area contributed by atoms with E-state index >= 15 is 0 Å². The first-order chi connectivity index (χ1) is 13.2. The van der Waals surface area contributed by atoms with Crippen LogP contribution in [0, 0.1) is 0 Å². The summed E-state index contributed by atoms with van der Waals surface area (Å²) in [6.07, 6.45) is 1.12. The van der Waals surface area contributed by atoms with Crippen molar-refractivity contribution in [3.8, 4) is 0 Å². The van der Waals surface area contributed by atoms with Crippen molar-refractivity contribution in [1.82, 2.24) is 10.2 Å². The number of amides is 1. The van der Waals surface area contributed by atoms with Crippen LogP contribution in [0.2, 0.25) is 0 Å². The highest BCUT2D eigenvalue weighted by molar-refractivity contribution is 5.95. The third-order valence-corrected chi connectivity index (χ3v) is 4.86. The van der Waals surface area contributed by atoms with Gasteiger partial charge in [-0.05, 0) is 30.0 Å². The summed E-state index contributed by atoms with van der Waals surface area (Å²) in [6, 6.07) is 18.0. The molecule has 0 aliphatic carbocycles. The number of nitrogens with zero attached hydrogens (tertiary/aromatic N) is 1. The SMILES string of the molecule is O=C(NCC(O)CN1CCOCC1)c1ccccc1CCc1ccccc1. The van der Waals surface area contributed by atoms with Crippen molar-refractivity contribution in [2.24, 2.45) is 0 Å². The van der Waals surface area contributed by atoms with Crippen LogP contribution < -0.4 is 5.32 Å². The normalized spacial score (nSPS) is 16.0. The Hall–Kier alpha value is -2.21. The molecule has 0 aromatic heterocycles. The number of β-amino-alcohol motifs (C(OH)–C–C–N with tert-alkyl or cyclic N) is 1. The van der Waals surface area contributed by atoms with Crippen molar-refractivity contribution in [2.45, 2.75) is 18.9 Å². The van der Waals surface area contributed by atoms with Crippen LogP contribution in [0.25, 0.3) is 0 Å². The first kappa shape index (κ1) is 19.5. The molecule has 27 heavy (non-hydrogen) atoms. The van der Waals surface area contributed by atoms with Gasteiger partial charge in [-0.2, -0.15) is 0 Å². The molecule has 0 bridgehead atoms. The van der Waals surface area contributed by atoms with E-state index in [1.165, 1.54) is 5.56 Å². The molecule has 1 fully saturated rings. The van der Waals surface area contributed by atoms with Gasteiger partial charge in [0, 0.05) is 31.7 Å². The molecular formula is C22H28N2O3. The fourth-order valence-electron chi connectivity index (χ4n) is 3.34. The highest BCUT2D eigenvalue weighted by Gasteiger charge is 2.17.